The van der Waals surface area contributed by atoms with E-state index >= 15 is 0 Å². The first-order valence-electron chi connectivity index (χ1n) is 2.53. The summed E-state index contributed by atoms with van der Waals surface area (Å²) in [7, 11) is 2.62. The molecule has 0 bridgehead atoms. The molecule has 0 aliphatic heterocycles. The summed E-state index contributed by atoms with van der Waals surface area (Å²) in [4.78, 5) is 0. The van der Waals surface area contributed by atoms with Crippen molar-refractivity contribution in [3.8, 4) is 0 Å². The van der Waals surface area contributed by atoms with Gasteiger partial charge in [0.15, 0.2) is 0 Å². The first-order valence-corrected chi connectivity index (χ1v) is 3.10. The van der Waals surface area contributed by atoms with E-state index in [-0.39, 0.29) is 32.7 Å². The van der Waals surface area contributed by atoms with Gasteiger partial charge in [0.2, 0.25) is 0 Å². The van der Waals surface area contributed by atoms with E-state index in [2.05, 4.69) is 21.4 Å². The summed E-state index contributed by atoms with van der Waals surface area (Å²) in [6.45, 7) is 2.03. The predicted octanol–water partition coefficient (Wildman–Crippen LogP) is 1.29. The molecule has 9 heavy (non-hydrogen) atoms. The van der Waals surface area contributed by atoms with Crippen LogP contribution < -0.4 is 5.30 Å². The fourth-order valence-corrected chi connectivity index (χ4v) is 0.694. The smallest absolute Gasteiger partial charge is 0 e. The second-order valence-electron chi connectivity index (χ2n) is 1.81. The molecule has 1 rings (SSSR count). The van der Waals surface area contributed by atoms with Gasteiger partial charge in [-0.3, -0.25) is 0 Å². The van der Waals surface area contributed by atoms with E-state index in [0.29, 0.717) is 0 Å². The number of aryl methyl sites for hydroxylation is 1. The minimum atomic E-state index is 0. The van der Waals surface area contributed by atoms with Crippen LogP contribution in [-0.2, 0) is 32.7 Å². The van der Waals surface area contributed by atoms with Crippen LogP contribution in [0, 0.1) is 13.0 Å². The summed E-state index contributed by atoms with van der Waals surface area (Å²) >= 11 is 0. The average molecular weight is 212 g/mol. The maximum Gasteiger partial charge on any atom is 0 e. The van der Waals surface area contributed by atoms with Crippen molar-refractivity contribution >= 4 is 14.5 Å². The Morgan fingerprint density at radius 1 is 1.44 bits per heavy atom. The average Bonchev–Trinajstić information content (AvgIpc) is 1.77. The normalized spacial score (nSPS) is 8.22. The van der Waals surface area contributed by atoms with E-state index < -0.39 is 0 Å². The first-order chi connectivity index (χ1) is 3.79. The molecule has 0 N–H and O–H groups in total. The summed E-state index contributed by atoms with van der Waals surface area (Å²) in [5, 5.41) is 1.19. The van der Waals surface area contributed by atoms with Crippen molar-refractivity contribution in [2.75, 3.05) is 0 Å². The molecule has 2 heteroatoms. The van der Waals surface area contributed by atoms with Gasteiger partial charge in [0, 0.05) is 32.7 Å². The number of hydrogen-bond acceptors (Lipinski definition) is 0. The Bertz CT molecular complexity index is 148. The topological polar surface area (TPSA) is 0 Å². The van der Waals surface area contributed by atoms with E-state index in [9.17, 15) is 0 Å². The van der Waals surface area contributed by atoms with Crippen LogP contribution in [0.3, 0.4) is 0 Å². The molecule has 0 aliphatic rings. The largest absolute Gasteiger partial charge is 0.180 e. The molecule has 1 atom stereocenters. The van der Waals surface area contributed by atoms with Gasteiger partial charge in [0.05, 0.1) is 0 Å². The summed E-state index contributed by atoms with van der Waals surface area (Å²) in [5.74, 6) is 0. The third-order valence-electron chi connectivity index (χ3n) is 0.992. The number of hydrogen-bond donors (Lipinski definition) is 0. The third kappa shape index (κ3) is 3.45. The van der Waals surface area contributed by atoms with Crippen molar-refractivity contribution in [2.45, 2.75) is 6.92 Å². The van der Waals surface area contributed by atoms with Crippen molar-refractivity contribution < 1.29 is 32.7 Å². The molecule has 1 aromatic rings. The Hall–Kier alpha value is 0.754. The van der Waals surface area contributed by atoms with Gasteiger partial charge in [-0.15, -0.1) is 5.30 Å². The van der Waals surface area contributed by atoms with Crippen LogP contribution in [-0.4, -0.2) is 0 Å². The molecule has 45 valence electrons. The minimum absolute atomic E-state index is 0. The van der Waals surface area contributed by atoms with Gasteiger partial charge in [0.1, 0.15) is 0 Å². The molecule has 0 spiro atoms. The van der Waals surface area contributed by atoms with E-state index in [4.69, 9.17) is 0 Å². The Morgan fingerprint density at radius 2 is 2.11 bits per heavy atom. The number of benzene rings is 1. The molecular weight excluding hydrogens is 204 g/mol. The molecule has 0 fully saturated rings. The van der Waals surface area contributed by atoms with Crippen molar-refractivity contribution in [1.29, 1.82) is 0 Å². The zero-order chi connectivity index (χ0) is 5.98. The van der Waals surface area contributed by atoms with Crippen molar-refractivity contribution in [3.63, 3.8) is 0 Å². The van der Waals surface area contributed by atoms with Crippen molar-refractivity contribution in [3.05, 3.63) is 29.8 Å². The van der Waals surface area contributed by atoms with Gasteiger partial charge in [-0.25, -0.2) is 0 Å². The molecule has 0 aliphatic carbocycles. The van der Waals surface area contributed by atoms with Gasteiger partial charge < -0.3 is 0 Å². The first kappa shape index (κ1) is 9.75. The predicted molar refractivity (Wildman–Crippen MR) is 39.4 cm³/mol. The monoisotopic (exact) mass is 212 g/mol. The quantitative estimate of drug-likeness (QED) is 0.449. The van der Waals surface area contributed by atoms with E-state index in [0.717, 1.165) is 0 Å². The molecule has 0 aromatic heterocycles. The fraction of sp³-hybridized carbons (Fsp3) is 0.143. The second-order valence-corrected chi connectivity index (χ2v) is 2.47. The van der Waals surface area contributed by atoms with Gasteiger partial charge in [-0.2, -0.15) is 39.1 Å². The fourth-order valence-electron chi connectivity index (χ4n) is 0.515. The molecule has 0 heterocycles. The Morgan fingerprint density at radius 3 is 2.44 bits per heavy atom. The Labute approximate surface area is 83.5 Å². The van der Waals surface area contributed by atoms with Crippen LogP contribution in [0.2, 0.25) is 0 Å². The maximum absolute atomic E-state index is 3.08. The van der Waals surface area contributed by atoms with E-state index in [1.165, 1.54) is 10.9 Å². The molecule has 1 radical (unpaired) electrons. The van der Waals surface area contributed by atoms with Crippen molar-refractivity contribution in [2.24, 2.45) is 0 Å². The van der Waals surface area contributed by atoms with Crippen LogP contribution in [0.1, 0.15) is 5.56 Å². The van der Waals surface area contributed by atoms with Crippen LogP contribution in [0.25, 0.3) is 0 Å². The van der Waals surface area contributed by atoms with Crippen molar-refractivity contribution in [1.82, 2.24) is 0 Å². The van der Waals surface area contributed by atoms with E-state index in [1.54, 1.807) is 0 Å². The SMILES string of the molecule is Cc1[c-]cc(P)cc1.[Y]. The maximum atomic E-state index is 3.08. The van der Waals surface area contributed by atoms with Crippen LogP contribution in [0.5, 0.6) is 0 Å². The molecule has 1 unspecified atom stereocenters. The molecule has 0 amide bonds. The van der Waals surface area contributed by atoms with Crippen LogP contribution in [0.15, 0.2) is 18.2 Å². The molecule has 0 nitrogen and oxygen atoms in total. The van der Waals surface area contributed by atoms with Gasteiger partial charge in [0.25, 0.3) is 0 Å². The summed E-state index contributed by atoms with van der Waals surface area (Å²) in [6, 6.07) is 9.13. The van der Waals surface area contributed by atoms with E-state index in [1.807, 2.05) is 19.1 Å². The standard InChI is InChI=1S/C7H8P.Y/c1-6-2-4-7(8)5-3-6;/h2,4-5H,8H2,1H3;/q-1;. The summed E-state index contributed by atoms with van der Waals surface area (Å²) in [5.41, 5.74) is 1.19. The van der Waals surface area contributed by atoms with Gasteiger partial charge in [-0.1, -0.05) is 6.92 Å². The van der Waals surface area contributed by atoms with Crippen LogP contribution in [0.4, 0.5) is 0 Å². The molecular formula is C7H8PY-. The Kier molecular flexibility index (Phi) is 4.93. The molecule has 0 saturated heterocycles. The molecule has 1 aromatic carbocycles. The Balaban J connectivity index is 0.000000640. The number of rotatable bonds is 0. The van der Waals surface area contributed by atoms with Gasteiger partial charge >= 0.3 is 0 Å². The third-order valence-corrected chi connectivity index (χ3v) is 1.35. The van der Waals surface area contributed by atoms with Crippen LogP contribution >= 0.6 is 9.24 Å². The molecule has 0 saturated carbocycles. The second kappa shape index (κ2) is 4.55. The summed E-state index contributed by atoms with van der Waals surface area (Å²) in [6.07, 6.45) is 0. The van der Waals surface area contributed by atoms with Gasteiger partial charge in [-0.05, 0) is 0 Å². The minimum Gasteiger partial charge on any atom is -0.180 e. The zero-order valence-corrected chi connectivity index (χ0v) is 9.38. The zero-order valence-electron chi connectivity index (χ0n) is 5.39. The summed E-state index contributed by atoms with van der Waals surface area (Å²) < 4.78 is 0.